The summed E-state index contributed by atoms with van der Waals surface area (Å²) in [4.78, 5) is 0. The molecule has 2 heterocycles. The maximum atomic E-state index is 5.59. The minimum Gasteiger partial charge on any atom is -0.381 e. The Morgan fingerprint density at radius 1 is 1.18 bits per heavy atom. The first-order valence-corrected chi connectivity index (χ1v) is 4.70. The van der Waals surface area contributed by atoms with Crippen molar-refractivity contribution in [3.8, 4) is 0 Å². The van der Waals surface area contributed by atoms with Crippen LogP contribution in [0.1, 0.15) is 25.7 Å². The van der Waals surface area contributed by atoms with Gasteiger partial charge in [-0.25, -0.2) is 0 Å². The van der Waals surface area contributed by atoms with Gasteiger partial charge in [0.15, 0.2) is 0 Å². The van der Waals surface area contributed by atoms with Crippen LogP contribution in [0.4, 0.5) is 0 Å². The number of nitrogens with one attached hydrogen (secondary N) is 1. The fraction of sp³-hybridized carbons (Fsp3) is 1.00. The van der Waals surface area contributed by atoms with Gasteiger partial charge in [0.1, 0.15) is 0 Å². The van der Waals surface area contributed by atoms with Crippen LogP contribution in [-0.4, -0.2) is 26.3 Å². The zero-order valence-electron chi connectivity index (χ0n) is 7.07. The summed E-state index contributed by atoms with van der Waals surface area (Å²) in [6.45, 7) is 4.37. The largest absolute Gasteiger partial charge is 0.381 e. The van der Waals surface area contributed by atoms with Gasteiger partial charge >= 0.3 is 0 Å². The summed E-state index contributed by atoms with van der Waals surface area (Å²) in [7, 11) is 0. The molecule has 1 N–H and O–H groups in total. The maximum absolute atomic E-state index is 5.59. The smallest absolute Gasteiger partial charge is 0.0535 e. The standard InChI is InChI=1S/C9H17NO/c1-2-6-11-8-9(3-1)4-5-10-7-9/h10H,1-8H2. The van der Waals surface area contributed by atoms with E-state index in [0.717, 1.165) is 13.2 Å². The van der Waals surface area contributed by atoms with Gasteiger partial charge in [0.05, 0.1) is 6.61 Å². The maximum Gasteiger partial charge on any atom is 0.0535 e. The minimum absolute atomic E-state index is 0.524. The number of ether oxygens (including phenoxy) is 1. The van der Waals surface area contributed by atoms with Crippen molar-refractivity contribution in [3.63, 3.8) is 0 Å². The second kappa shape index (κ2) is 3.11. The second-order valence-corrected chi connectivity index (χ2v) is 3.94. The molecule has 64 valence electrons. The Labute approximate surface area is 68.3 Å². The van der Waals surface area contributed by atoms with Gasteiger partial charge in [-0.2, -0.15) is 0 Å². The summed E-state index contributed by atoms with van der Waals surface area (Å²) in [6.07, 6.45) is 5.33. The van der Waals surface area contributed by atoms with Gasteiger partial charge in [-0.3, -0.25) is 0 Å². The topological polar surface area (TPSA) is 21.3 Å². The van der Waals surface area contributed by atoms with Crippen LogP contribution in [0.2, 0.25) is 0 Å². The van der Waals surface area contributed by atoms with Gasteiger partial charge in [-0.15, -0.1) is 0 Å². The highest BCUT2D eigenvalue weighted by Gasteiger charge is 2.34. The van der Waals surface area contributed by atoms with E-state index < -0.39 is 0 Å². The highest BCUT2D eigenvalue weighted by Crippen LogP contribution is 2.33. The molecule has 0 amide bonds. The molecule has 0 aromatic heterocycles. The molecule has 2 aliphatic heterocycles. The fourth-order valence-electron chi connectivity index (χ4n) is 2.20. The average molecular weight is 155 g/mol. The lowest BCUT2D eigenvalue weighted by atomic mass is 9.83. The van der Waals surface area contributed by atoms with Gasteiger partial charge in [0.25, 0.3) is 0 Å². The second-order valence-electron chi connectivity index (χ2n) is 3.94. The first-order chi connectivity index (χ1) is 5.41. The number of hydrogen-bond acceptors (Lipinski definition) is 2. The third-order valence-corrected chi connectivity index (χ3v) is 2.99. The lowest BCUT2D eigenvalue weighted by Gasteiger charge is -2.24. The highest BCUT2D eigenvalue weighted by molar-refractivity contribution is 4.88. The van der Waals surface area contributed by atoms with E-state index in [9.17, 15) is 0 Å². The molecule has 2 aliphatic rings. The first kappa shape index (κ1) is 7.56. The molecule has 2 fully saturated rings. The minimum atomic E-state index is 0.524. The summed E-state index contributed by atoms with van der Waals surface area (Å²) in [5.74, 6) is 0. The highest BCUT2D eigenvalue weighted by atomic mass is 16.5. The van der Waals surface area contributed by atoms with Crippen LogP contribution >= 0.6 is 0 Å². The zero-order chi connectivity index (χ0) is 7.57. The van der Waals surface area contributed by atoms with E-state index in [1.54, 1.807) is 0 Å². The molecular formula is C9H17NO. The van der Waals surface area contributed by atoms with E-state index in [2.05, 4.69) is 5.32 Å². The Hall–Kier alpha value is -0.0800. The molecule has 0 aromatic rings. The normalized spacial score (nSPS) is 39.3. The fourth-order valence-corrected chi connectivity index (χ4v) is 2.20. The van der Waals surface area contributed by atoms with Crippen LogP contribution in [0, 0.1) is 5.41 Å². The number of rotatable bonds is 0. The van der Waals surface area contributed by atoms with Crippen LogP contribution in [0.25, 0.3) is 0 Å². The van der Waals surface area contributed by atoms with E-state index >= 15 is 0 Å². The Morgan fingerprint density at radius 2 is 2.18 bits per heavy atom. The van der Waals surface area contributed by atoms with E-state index in [0.29, 0.717) is 5.41 Å². The molecule has 0 aromatic carbocycles. The molecule has 0 radical (unpaired) electrons. The lowest BCUT2D eigenvalue weighted by molar-refractivity contribution is 0.0710. The van der Waals surface area contributed by atoms with Gasteiger partial charge in [0, 0.05) is 18.6 Å². The van der Waals surface area contributed by atoms with Crippen LogP contribution < -0.4 is 5.32 Å². The molecule has 1 spiro atoms. The summed E-state index contributed by atoms with van der Waals surface area (Å²) < 4.78 is 5.59. The molecule has 11 heavy (non-hydrogen) atoms. The number of hydrogen-bond donors (Lipinski definition) is 1. The molecule has 1 atom stereocenters. The molecular weight excluding hydrogens is 138 g/mol. The molecule has 0 saturated carbocycles. The Morgan fingerprint density at radius 3 is 3.00 bits per heavy atom. The molecule has 0 bridgehead atoms. The summed E-state index contributed by atoms with van der Waals surface area (Å²) in [5.41, 5.74) is 0.524. The Balaban J connectivity index is 1.97. The van der Waals surface area contributed by atoms with Gasteiger partial charge in [-0.1, -0.05) is 6.42 Å². The lowest BCUT2D eigenvalue weighted by Crippen LogP contribution is -2.28. The van der Waals surface area contributed by atoms with Crippen molar-refractivity contribution < 1.29 is 4.74 Å². The van der Waals surface area contributed by atoms with Crippen LogP contribution in [0.5, 0.6) is 0 Å². The predicted octanol–water partition coefficient (Wildman–Crippen LogP) is 1.17. The third-order valence-electron chi connectivity index (χ3n) is 2.99. The van der Waals surface area contributed by atoms with Crippen LogP contribution in [-0.2, 0) is 4.74 Å². The third kappa shape index (κ3) is 1.57. The SMILES string of the molecule is C1CCC2(CCNC2)COC1. The van der Waals surface area contributed by atoms with Gasteiger partial charge < -0.3 is 10.1 Å². The van der Waals surface area contributed by atoms with Crippen molar-refractivity contribution in [2.75, 3.05) is 26.3 Å². The molecule has 2 rings (SSSR count). The van der Waals surface area contributed by atoms with Crippen molar-refractivity contribution >= 4 is 0 Å². The van der Waals surface area contributed by atoms with Gasteiger partial charge in [0.2, 0.25) is 0 Å². The molecule has 0 aliphatic carbocycles. The monoisotopic (exact) mass is 155 g/mol. The molecule has 2 nitrogen and oxygen atoms in total. The predicted molar refractivity (Wildman–Crippen MR) is 44.6 cm³/mol. The van der Waals surface area contributed by atoms with Crippen molar-refractivity contribution in [3.05, 3.63) is 0 Å². The van der Waals surface area contributed by atoms with E-state index in [1.807, 2.05) is 0 Å². The zero-order valence-corrected chi connectivity index (χ0v) is 7.07. The Kier molecular flexibility index (Phi) is 2.14. The van der Waals surface area contributed by atoms with Crippen molar-refractivity contribution in [1.82, 2.24) is 5.32 Å². The molecule has 1 unspecified atom stereocenters. The van der Waals surface area contributed by atoms with E-state index in [-0.39, 0.29) is 0 Å². The molecule has 2 saturated heterocycles. The van der Waals surface area contributed by atoms with Crippen LogP contribution in [0.15, 0.2) is 0 Å². The summed E-state index contributed by atoms with van der Waals surface area (Å²) >= 11 is 0. The summed E-state index contributed by atoms with van der Waals surface area (Å²) in [5, 5.41) is 3.43. The van der Waals surface area contributed by atoms with E-state index in [1.165, 1.54) is 38.8 Å². The van der Waals surface area contributed by atoms with Crippen molar-refractivity contribution in [2.24, 2.45) is 5.41 Å². The van der Waals surface area contributed by atoms with Crippen molar-refractivity contribution in [1.29, 1.82) is 0 Å². The first-order valence-electron chi connectivity index (χ1n) is 4.70. The van der Waals surface area contributed by atoms with Crippen LogP contribution in [0.3, 0.4) is 0 Å². The Bertz CT molecular complexity index is 120. The average Bonchev–Trinajstić information content (AvgIpc) is 2.32. The van der Waals surface area contributed by atoms with Crippen molar-refractivity contribution in [2.45, 2.75) is 25.7 Å². The molecule has 2 heteroatoms. The van der Waals surface area contributed by atoms with E-state index in [4.69, 9.17) is 4.74 Å². The quantitative estimate of drug-likeness (QED) is 0.567. The van der Waals surface area contributed by atoms with Gasteiger partial charge in [-0.05, 0) is 25.8 Å². The summed E-state index contributed by atoms with van der Waals surface area (Å²) in [6, 6.07) is 0.